The summed E-state index contributed by atoms with van der Waals surface area (Å²) in [5.74, 6) is -1.40. The van der Waals surface area contributed by atoms with Gasteiger partial charge in [-0.1, -0.05) is 23.7 Å². The van der Waals surface area contributed by atoms with Crippen LogP contribution in [0, 0.1) is 13.8 Å². The highest BCUT2D eigenvalue weighted by Gasteiger charge is 2.26. The third-order valence-corrected chi connectivity index (χ3v) is 4.06. The molecule has 0 aliphatic carbocycles. The molecule has 0 bridgehead atoms. The number of aromatic amines is 1. The Morgan fingerprint density at radius 3 is 2.50 bits per heavy atom. The standard InChI is InChI=1S/C17H20ClN3O3/c1-10-15(11(2)21-20-10)16(17(23)24)19-14(22)5-3-4-12-6-8-13(18)9-7-12/h6-9,16H,3-5H2,1-2H3,(H,19,22)(H,20,21)(H,23,24). The SMILES string of the molecule is Cc1n[nH]c(C)c1C(NC(=O)CCCc1ccc(Cl)cc1)C(=O)O. The summed E-state index contributed by atoms with van der Waals surface area (Å²) in [6, 6.07) is 6.35. The van der Waals surface area contributed by atoms with E-state index in [9.17, 15) is 14.7 Å². The van der Waals surface area contributed by atoms with E-state index in [1.165, 1.54) is 0 Å². The Labute approximate surface area is 145 Å². The number of nitrogens with zero attached hydrogens (tertiary/aromatic N) is 1. The van der Waals surface area contributed by atoms with Gasteiger partial charge in [0.25, 0.3) is 0 Å². The number of hydrogen-bond acceptors (Lipinski definition) is 3. The van der Waals surface area contributed by atoms with Crippen LogP contribution in [-0.4, -0.2) is 27.2 Å². The molecule has 2 aromatic rings. The first-order valence-electron chi connectivity index (χ1n) is 7.66. The van der Waals surface area contributed by atoms with Crippen LogP contribution in [0.2, 0.25) is 5.02 Å². The quantitative estimate of drug-likeness (QED) is 0.716. The van der Waals surface area contributed by atoms with Crippen LogP contribution in [0.1, 0.15) is 41.4 Å². The average Bonchev–Trinajstić information content (AvgIpc) is 2.86. The first kappa shape index (κ1) is 18.0. The molecule has 1 amide bonds. The van der Waals surface area contributed by atoms with Crippen molar-refractivity contribution in [1.82, 2.24) is 15.5 Å². The summed E-state index contributed by atoms with van der Waals surface area (Å²) in [4.78, 5) is 23.6. The van der Waals surface area contributed by atoms with E-state index in [2.05, 4.69) is 15.5 Å². The largest absolute Gasteiger partial charge is 0.479 e. The molecule has 0 radical (unpaired) electrons. The minimum absolute atomic E-state index is 0.252. The molecule has 0 aliphatic heterocycles. The lowest BCUT2D eigenvalue weighted by atomic mass is 10.0. The maximum absolute atomic E-state index is 12.1. The van der Waals surface area contributed by atoms with E-state index in [1.54, 1.807) is 13.8 Å². The minimum Gasteiger partial charge on any atom is -0.479 e. The zero-order valence-corrected chi connectivity index (χ0v) is 14.4. The van der Waals surface area contributed by atoms with Crippen molar-refractivity contribution in [1.29, 1.82) is 0 Å². The lowest BCUT2D eigenvalue weighted by molar-refractivity contribution is -0.142. The van der Waals surface area contributed by atoms with Crippen LogP contribution in [0.5, 0.6) is 0 Å². The Balaban J connectivity index is 1.92. The number of carbonyl (C=O) groups excluding carboxylic acids is 1. The molecule has 24 heavy (non-hydrogen) atoms. The lowest BCUT2D eigenvalue weighted by Gasteiger charge is -2.15. The number of halogens is 1. The number of rotatable bonds is 7. The van der Waals surface area contributed by atoms with Gasteiger partial charge in [-0.2, -0.15) is 5.10 Å². The normalized spacial score (nSPS) is 12.0. The summed E-state index contributed by atoms with van der Waals surface area (Å²) >= 11 is 5.83. The van der Waals surface area contributed by atoms with Gasteiger partial charge in [-0.05, 0) is 44.4 Å². The molecule has 0 saturated heterocycles. The van der Waals surface area contributed by atoms with Gasteiger partial charge in [0.05, 0.1) is 5.69 Å². The van der Waals surface area contributed by atoms with Crippen molar-refractivity contribution in [3.05, 3.63) is 51.8 Å². The monoisotopic (exact) mass is 349 g/mol. The number of carboxylic acid groups (broad SMARTS) is 1. The first-order chi connectivity index (χ1) is 11.4. The van der Waals surface area contributed by atoms with E-state index >= 15 is 0 Å². The third kappa shape index (κ3) is 4.58. The number of H-pyrrole nitrogens is 1. The first-order valence-corrected chi connectivity index (χ1v) is 8.04. The van der Waals surface area contributed by atoms with E-state index in [-0.39, 0.29) is 12.3 Å². The number of aliphatic carboxylic acids is 1. The second-order valence-electron chi connectivity index (χ2n) is 5.67. The Bertz CT molecular complexity index is 706. The summed E-state index contributed by atoms with van der Waals surface area (Å²) in [7, 11) is 0. The van der Waals surface area contributed by atoms with Gasteiger partial charge < -0.3 is 10.4 Å². The fourth-order valence-corrected chi connectivity index (χ4v) is 2.71. The number of benzene rings is 1. The summed E-state index contributed by atoms with van der Waals surface area (Å²) in [6.45, 7) is 3.44. The Hall–Kier alpha value is -2.34. The van der Waals surface area contributed by atoms with Crippen LogP contribution in [0.15, 0.2) is 24.3 Å². The number of hydrogen-bond donors (Lipinski definition) is 3. The zero-order chi connectivity index (χ0) is 17.7. The highest BCUT2D eigenvalue weighted by Crippen LogP contribution is 2.20. The molecule has 0 fully saturated rings. The molecule has 2 rings (SSSR count). The maximum atomic E-state index is 12.1. The average molecular weight is 350 g/mol. The summed E-state index contributed by atoms with van der Waals surface area (Å²) in [6.07, 6.45) is 1.61. The molecule has 0 saturated carbocycles. The fourth-order valence-electron chi connectivity index (χ4n) is 2.58. The second-order valence-corrected chi connectivity index (χ2v) is 6.10. The molecular formula is C17H20ClN3O3. The summed E-state index contributed by atoms with van der Waals surface area (Å²) in [5.41, 5.74) is 2.81. The van der Waals surface area contributed by atoms with Crippen molar-refractivity contribution in [2.45, 2.75) is 39.2 Å². The minimum atomic E-state index is -1.10. The van der Waals surface area contributed by atoms with Gasteiger partial charge in [-0.25, -0.2) is 4.79 Å². The number of nitrogens with one attached hydrogen (secondary N) is 2. The molecule has 128 valence electrons. The van der Waals surface area contributed by atoms with Crippen LogP contribution in [0.4, 0.5) is 0 Å². The molecule has 0 spiro atoms. The summed E-state index contributed by atoms with van der Waals surface area (Å²) < 4.78 is 0. The van der Waals surface area contributed by atoms with Crippen molar-refractivity contribution >= 4 is 23.5 Å². The van der Waals surface area contributed by atoms with Gasteiger partial charge in [-0.15, -0.1) is 0 Å². The zero-order valence-electron chi connectivity index (χ0n) is 13.6. The van der Waals surface area contributed by atoms with Crippen molar-refractivity contribution in [3.8, 4) is 0 Å². The predicted octanol–water partition coefficient (Wildman–Crippen LogP) is 2.94. The second kappa shape index (κ2) is 7.97. The highest BCUT2D eigenvalue weighted by molar-refractivity contribution is 6.30. The Kier molecular flexibility index (Phi) is 5.98. The van der Waals surface area contributed by atoms with Gasteiger partial charge in [-0.3, -0.25) is 9.89 Å². The Morgan fingerprint density at radius 1 is 1.29 bits per heavy atom. The van der Waals surface area contributed by atoms with E-state index in [0.717, 1.165) is 12.0 Å². The maximum Gasteiger partial charge on any atom is 0.331 e. The van der Waals surface area contributed by atoms with E-state index in [4.69, 9.17) is 11.6 Å². The number of carbonyl (C=O) groups is 2. The van der Waals surface area contributed by atoms with Gasteiger partial charge in [0.15, 0.2) is 6.04 Å². The van der Waals surface area contributed by atoms with Gasteiger partial charge in [0.2, 0.25) is 5.91 Å². The lowest BCUT2D eigenvalue weighted by Crippen LogP contribution is -2.34. The van der Waals surface area contributed by atoms with Crippen LogP contribution in [0.25, 0.3) is 0 Å². The van der Waals surface area contributed by atoms with Gasteiger partial charge in [0.1, 0.15) is 0 Å². The molecular weight excluding hydrogens is 330 g/mol. The number of amides is 1. The fraction of sp³-hybridized carbons (Fsp3) is 0.353. The van der Waals surface area contributed by atoms with Crippen molar-refractivity contribution in [2.75, 3.05) is 0 Å². The molecule has 1 aromatic heterocycles. The van der Waals surface area contributed by atoms with Crippen molar-refractivity contribution < 1.29 is 14.7 Å². The molecule has 1 atom stereocenters. The van der Waals surface area contributed by atoms with Crippen LogP contribution in [0.3, 0.4) is 0 Å². The van der Waals surface area contributed by atoms with E-state index in [0.29, 0.717) is 28.4 Å². The van der Waals surface area contributed by atoms with Crippen molar-refractivity contribution in [2.24, 2.45) is 0 Å². The van der Waals surface area contributed by atoms with Crippen LogP contribution < -0.4 is 5.32 Å². The molecule has 6 nitrogen and oxygen atoms in total. The highest BCUT2D eigenvalue weighted by atomic mass is 35.5. The molecule has 3 N–H and O–H groups in total. The number of carboxylic acids is 1. The topological polar surface area (TPSA) is 95.1 Å². The third-order valence-electron chi connectivity index (χ3n) is 3.81. The molecule has 1 aromatic carbocycles. The summed E-state index contributed by atoms with van der Waals surface area (Å²) in [5, 5.41) is 19.4. The predicted molar refractivity (Wildman–Crippen MR) is 91.0 cm³/mol. The van der Waals surface area contributed by atoms with Gasteiger partial charge in [0, 0.05) is 22.7 Å². The Morgan fingerprint density at radius 2 is 1.96 bits per heavy atom. The smallest absolute Gasteiger partial charge is 0.331 e. The number of aromatic nitrogens is 2. The van der Waals surface area contributed by atoms with Crippen molar-refractivity contribution in [3.63, 3.8) is 0 Å². The molecule has 0 aliphatic rings. The molecule has 7 heteroatoms. The van der Waals surface area contributed by atoms with E-state index in [1.807, 2.05) is 24.3 Å². The van der Waals surface area contributed by atoms with E-state index < -0.39 is 12.0 Å². The van der Waals surface area contributed by atoms with Gasteiger partial charge >= 0.3 is 5.97 Å². The number of aryl methyl sites for hydroxylation is 3. The van der Waals surface area contributed by atoms with Crippen LogP contribution >= 0.6 is 11.6 Å². The van der Waals surface area contributed by atoms with Crippen LogP contribution in [-0.2, 0) is 16.0 Å². The molecule has 1 heterocycles. The molecule has 1 unspecified atom stereocenters.